The molecule has 0 saturated heterocycles. The number of nitrogens with two attached hydrogens (primary N) is 1. The second-order valence-corrected chi connectivity index (χ2v) is 6.60. The van der Waals surface area contributed by atoms with Crippen LogP contribution in [-0.2, 0) is 0 Å². The maximum Gasteiger partial charge on any atom is 0.00163 e. The number of rotatable bonds is 6. The SMILES string of the molecule is CCC(PC(C)CC(C)N)C(C)C. The first kappa shape index (κ1) is 13.4. The Morgan fingerprint density at radius 2 is 1.69 bits per heavy atom. The Hall–Kier alpha value is 0.390. The lowest BCUT2D eigenvalue weighted by atomic mass is 10.1. The Labute approximate surface area is 85.6 Å². The molecule has 0 aromatic carbocycles. The van der Waals surface area contributed by atoms with E-state index < -0.39 is 0 Å². The molecule has 0 rings (SSSR count). The van der Waals surface area contributed by atoms with E-state index in [-0.39, 0.29) is 0 Å². The molecule has 4 unspecified atom stereocenters. The fourth-order valence-corrected chi connectivity index (χ4v) is 3.63. The van der Waals surface area contributed by atoms with Crippen LogP contribution in [0.25, 0.3) is 0 Å². The Bertz CT molecular complexity index is 123. The van der Waals surface area contributed by atoms with E-state index in [1.807, 2.05) is 0 Å². The zero-order valence-electron chi connectivity index (χ0n) is 9.80. The standard InChI is InChI=1S/C11H26NP/c1-6-11(8(2)3)13-10(5)7-9(4)12/h8-11,13H,6-7,12H2,1-5H3. The van der Waals surface area contributed by atoms with Gasteiger partial charge in [-0.1, -0.05) is 27.7 Å². The predicted molar refractivity (Wildman–Crippen MR) is 65.0 cm³/mol. The molecule has 2 N–H and O–H groups in total. The molecular weight excluding hydrogens is 177 g/mol. The molecule has 0 radical (unpaired) electrons. The summed E-state index contributed by atoms with van der Waals surface area (Å²) in [5, 5.41) is 0. The van der Waals surface area contributed by atoms with Gasteiger partial charge in [-0.25, -0.2) is 0 Å². The van der Waals surface area contributed by atoms with Crippen LogP contribution in [0.2, 0.25) is 0 Å². The quantitative estimate of drug-likeness (QED) is 0.659. The average Bonchev–Trinajstić information content (AvgIpc) is 1.98. The van der Waals surface area contributed by atoms with Crippen molar-refractivity contribution in [2.75, 3.05) is 0 Å². The van der Waals surface area contributed by atoms with Gasteiger partial charge in [-0.15, -0.1) is 8.58 Å². The third kappa shape index (κ3) is 6.46. The van der Waals surface area contributed by atoms with E-state index in [2.05, 4.69) is 34.6 Å². The molecule has 80 valence electrons. The van der Waals surface area contributed by atoms with Crippen LogP contribution in [0.3, 0.4) is 0 Å². The Morgan fingerprint density at radius 1 is 1.15 bits per heavy atom. The molecule has 0 aliphatic carbocycles. The predicted octanol–water partition coefficient (Wildman–Crippen LogP) is 3.23. The van der Waals surface area contributed by atoms with Crippen molar-refractivity contribution >= 4 is 8.58 Å². The average molecular weight is 203 g/mol. The largest absolute Gasteiger partial charge is 0.328 e. The van der Waals surface area contributed by atoms with Crippen LogP contribution in [-0.4, -0.2) is 17.4 Å². The van der Waals surface area contributed by atoms with Crippen LogP contribution in [0.5, 0.6) is 0 Å². The molecule has 0 spiro atoms. The third-order valence-corrected chi connectivity index (χ3v) is 4.78. The zero-order valence-corrected chi connectivity index (χ0v) is 10.8. The van der Waals surface area contributed by atoms with Crippen LogP contribution in [0.1, 0.15) is 47.5 Å². The van der Waals surface area contributed by atoms with Gasteiger partial charge in [0.15, 0.2) is 0 Å². The molecule has 2 heteroatoms. The summed E-state index contributed by atoms with van der Waals surface area (Å²) in [5.41, 5.74) is 7.51. The van der Waals surface area contributed by atoms with E-state index in [1.54, 1.807) is 0 Å². The van der Waals surface area contributed by atoms with E-state index in [9.17, 15) is 0 Å². The molecule has 0 aromatic rings. The van der Waals surface area contributed by atoms with Gasteiger partial charge >= 0.3 is 0 Å². The summed E-state index contributed by atoms with van der Waals surface area (Å²) in [5.74, 6) is 0.832. The number of hydrogen-bond acceptors (Lipinski definition) is 1. The van der Waals surface area contributed by atoms with E-state index in [0.29, 0.717) is 6.04 Å². The monoisotopic (exact) mass is 203 g/mol. The van der Waals surface area contributed by atoms with Crippen molar-refractivity contribution in [3.8, 4) is 0 Å². The number of hydrogen-bond donors (Lipinski definition) is 1. The Morgan fingerprint density at radius 3 is 2.00 bits per heavy atom. The summed E-state index contributed by atoms with van der Waals surface area (Å²) in [6.45, 7) is 11.4. The summed E-state index contributed by atoms with van der Waals surface area (Å²) in [4.78, 5) is 0. The van der Waals surface area contributed by atoms with Crippen LogP contribution in [0.15, 0.2) is 0 Å². The van der Waals surface area contributed by atoms with Gasteiger partial charge in [-0.2, -0.15) is 0 Å². The maximum atomic E-state index is 5.79. The molecule has 0 saturated carbocycles. The van der Waals surface area contributed by atoms with Gasteiger partial charge in [0.2, 0.25) is 0 Å². The summed E-state index contributed by atoms with van der Waals surface area (Å²) >= 11 is 0. The fraction of sp³-hybridized carbons (Fsp3) is 1.00. The van der Waals surface area contributed by atoms with Crippen LogP contribution >= 0.6 is 8.58 Å². The van der Waals surface area contributed by atoms with Crippen molar-refractivity contribution in [1.29, 1.82) is 0 Å². The van der Waals surface area contributed by atoms with Crippen molar-refractivity contribution in [3.05, 3.63) is 0 Å². The second kappa shape index (κ2) is 6.79. The van der Waals surface area contributed by atoms with Crippen molar-refractivity contribution in [2.24, 2.45) is 11.7 Å². The van der Waals surface area contributed by atoms with Crippen molar-refractivity contribution in [2.45, 2.75) is 64.8 Å². The highest BCUT2D eigenvalue weighted by molar-refractivity contribution is 7.39. The normalized spacial score (nSPS) is 19.6. The van der Waals surface area contributed by atoms with Gasteiger partial charge in [0.05, 0.1) is 0 Å². The van der Waals surface area contributed by atoms with Gasteiger partial charge in [0.25, 0.3) is 0 Å². The van der Waals surface area contributed by atoms with Gasteiger partial charge in [0.1, 0.15) is 0 Å². The van der Waals surface area contributed by atoms with Crippen molar-refractivity contribution < 1.29 is 0 Å². The first-order chi connectivity index (χ1) is 5.97. The first-order valence-corrected chi connectivity index (χ1v) is 6.64. The first-order valence-electron chi connectivity index (χ1n) is 5.49. The second-order valence-electron chi connectivity index (χ2n) is 4.54. The molecule has 0 fully saturated rings. The lowest BCUT2D eigenvalue weighted by molar-refractivity contribution is 0.579. The molecular formula is C11H26NP. The minimum Gasteiger partial charge on any atom is -0.328 e. The van der Waals surface area contributed by atoms with Crippen LogP contribution in [0, 0.1) is 5.92 Å². The molecule has 4 atom stereocenters. The highest BCUT2D eigenvalue weighted by Gasteiger charge is 2.15. The summed E-state index contributed by atoms with van der Waals surface area (Å²) in [7, 11) is 1.09. The molecule has 0 heterocycles. The summed E-state index contributed by atoms with van der Waals surface area (Å²) in [6.07, 6.45) is 2.50. The lowest BCUT2D eigenvalue weighted by Crippen LogP contribution is -2.21. The molecule has 0 aliphatic rings. The van der Waals surface area contributed by atoms with E-state index >= 15 is 0 Å². The van der Waals surface area contributed by atoms with Gasteiger partial charge in [-0.05, 0) is 37.0 Å². The van der Waals surface area contributed by atoms with Crippen LogP contribution in [0.4, 0.5) is 0 Å². The molecule has 0 aromatic heterocycles. The lowest BCUT2D eigenvalue weighted by Gasteiger charge is -2.24. The molecule has 0 bridgehead atoms. The van der Waals surface area contributed by atoms with Gasteiger partial charge < -0.3 is 5.73 Å². The van der Waals surface area contributed by atoms with E-state index in [1.165, 1.54) is 12.8 Å². The third-order valence-electron chi connectivity index (χ3n) is 2.47. The molecule has 0 amide bonds. The maximum absolute atomic E-state index is 5.79. The molecule has 1 nitrogen and oxygen atoms in total. The minimum absolute atomic E-state index is 0.368. The van der Waals surface area contributed by atoms with Crippen molar-refractivity contribution in [1.82, 2.24) is 0 Å². The van der Waals surface area contributed by atoms with Crippen LogP contribution < -0.4 is 5.73 Å². The zero-order chi connectivity index (χ0) is 10.4. The van der Waals surface area contributed by atoms with E-state index in [4.69, 9.17) is 5.73 Å². The molecule has 13 heavy (non-hydrogen) atoms. The van der Waals surface area contributed by atoms with Gasteiger partial charge in [0, 0.05) is 6.04 Å². The smallest absolute Gasteiger partial charge is 0.00163 e. The van der Waals surface area contributed by atoms with Gasteiger partial charge in [-0.3, -0.25) is 0 Å². The summed E-state index contributed by atoms with van der Waals surface area (Å²) < 4.78 is 0. The highest BCUT2D eigenvalue weighted by Crippen LogP contribution is 2.34. The summed E-state index contributed by atoms with van der Waals surface area (Å²) in [6, 6.07) is 0.368. The highest BCUT2D eigenvalue weighted by atomic mass is 31.1. The minimum atomic E-state index is 0.368. The molecule has 0 aliphatic heterocycles. The fourth-order valence-electron chi connectivity index (χ4n) is 1.77. The Kier molecular flexibility index (Phi) is 6.99. The topological polar surface area (TPSA) is 26.0 Å². The van der Waals surface area contributed by atoms with E-state index in [0.717, 1.165) is 25.8 Å². The Balaban J connectivity index is 3.79. The van der Waals surface area contributed by atoms with Crippen molar-refractivity contribution in [3.63, 3.8) is 0 Å².